The first-order valence-corrected chi connectivity index (χ1v) is 8.75. The molecule has 1 spiro atoms. The minimum absolute atomic E-state index is 0.0699. The molecule has 2 aliphatic rings. The Morgan fingerprint density at radius 3 is 2.75 bits per heavy atom. The van der Waals surface area contributed by atoms with Crippen LogP contribution in [-0.4, -0.2) is 42.0 Å². The molecule has 2 saturated heterocycles. The normalized spacial score (nSPS) is 19.8. The van der Waals surface area contributed by atoms with E-state index in [-0.39, 0.29) is 5.91 Å². The molecule has 0 atom stereocenters. The molecule has 4 rings (SSSR count). The van der Waals surface area contributed by atoms with Gasteiger partial charge in [0.2, 0.25) is 0 Å². The number of aromatic nitrogens is 1. The van der Waals surface area contributed by atoms with Crippen LogP contribution in [0.3, 0.4) is 0 Å². The molecule has 3 heterocycles. The topological polar surface area (TPSA) is 58.4 Å². The van der Waals surface area contributed by atoms with Gasteiger partial charge in [0.05, 0.1) is 5.02 Å². The zero-order valence-corrected chi connectivity index (χ0v) is 14.2. The number of benzene rings is 1. The van der Waals surface area contributed by atoms with Gasteiger partial charge < -0.3 is 14.6 Å². The van der Waals surface area contributed by atoms with E-state index in [1.807, 2.05) is 23.1 Å². The molecule has 6 heteroatoms. The van der Waals surface area contributed by atoms with Crippen LogP contribution in [0, 0.1) is 5.41 Å². The van der Waals surface area contributed by atoms with Gasteiger partial charge in [-0.2, -0.15) is 0 Å². The molecule has 2 fully saturated rings. The quantitative estimate of drug-likeness (QED) is 0.908. The van der Waals surface area contributed by atoms with Crippen molar-refractivity contribution in [2.75, 3.05) is 26.2 Å². The Balaban J connectivity index is 1.54. The first kappa shape index (κ1) is 15.7. The lowest BCUT2D eigenvalue weighted by Crippen LogP contribution is -2.44. The van der Waals surface area contributed by atoms with E-state index in [9.17, 15) is 4.79 Å². The molecule has 0 radical (unpaired) electrons. The molecular formula is C18H20ClN3O2. The van der Waals surface area contributed by atoms with Gasteiger partial charge in [0.25, 0.3) is 5.91 Å². The monoisotopic (exact) mass is 345 g/mol. The molecule has 0 aliphatic carbocycles. The highest BCUT2D eigenvalue weighted by atomic mass is 35.5. The average Bonchev–Trinajstić information content (AvgIpc) is 3.25. The molecular weight excluding hydrogens is 326 g/mol. The highest BCUT2D eigenvalue weighted by Gasteiger charge is 2.39. The van der Waals surface area contributed by atoms with Gasteiger partial charge in [-0.1, -0.05) is 23.7 Å². The molecule has 24 heavy (non-hydrogen) atoms. The largest absolute Gasteiger partial charge is 0.443 e. The summed E-state index contributed by atoms with van der Waals surface area (Å²) in [6, 6.07) is 7.35. The number of carbonyl (C=O) groups is 1. The summed E-state index contributed by atoms with van der Waals surface area (Å²) in [5, 5.41) is 4.00. The van der Waals surface area contributed by atoms with E-state index in [0.29, 0.717) is 27.5 Å². The lowest BCUT2D eigenvalue weighted by atomic mass is 9.78. The second kappa shape index (κ2) is 6.22. The average molecular weight is 346 g/mol. The zero-order valence-electron chi connectivity index (χ0n) is 13.4. The smallest absolute Gasteiger partial charge is 0.276 e. The van der Waals surface area contributed by atoms with Crippen molar-refractivity contribution >= 4 is 17.5 Å². The van der Waals surface area contributed by atoms with Crippen LogP contribution >= 0.6 is 11.6 Å². The molecule has 5 nitrogen and oxygen atoms in total. The summed E-state index contributed by atoms with van der Waals surface area (Å²) in [7, 11) is 0. The molecule has 1 N–H and O–H groups in total. The van der Waals surface area contributed by atoms with Gasteiger partial charge in [0, 0.05) is 25.2 Å². The molecule has 2 aromatic rings. The van der Waals surface area contributed by atoms with Crippen molar-refractivity contribution in [2.45, 2.75) is 19.3 Å². The maximum Gasteiger partial charge on any atom is 0.276 e. The van der Waals surface area contributed by atoms with Gasteiger partial charge in [0.15, 0.2) is 17.8 Å². The highest BCUT2D eigenvalue weighted by Crippen LogP contribution is 2.38. The van der Waals surface area contributed by atoms with Gasteiger partial charge in [-0.15, -0.1) is 0 Å². The Kier molecular flexibility index (Phi) is 4.06. The van der Waals surface area contributed by atoms with Crippen LogP contribution < -0.4 is 5.32 Å². The predicted molar refractivity (Wildman–Crippen MR) is 92.0 cm³/mol. The summed E-state index contributed by atoms with van der Waals surface area (Å²) in [4.78, 5) is 19.0. The third-order valence-corrected chi connectivity index (χ3v) is 5.66. The van der Waals surface area contributed by atoms with E-state index in [1.165, 1.54) is 12.8 Å². The Hall–Kier alpha value is -1.85. The summed E-state index contributed by atoms with van der Waals surface area (Å²) >= 11 is 6.24. The van der Waals surface area contributed by atoms with Crippen LogP contribution in [0.2, 0.25) is 5.02 Å². The first-order valence-electron chi connectivity index (χ1n) is 8.37. The number of nitrogens with one attached hydrogen (secondary N) is 1. The van der Waals surface area contributed by atoms with E-state index in [0.717, 1.165) is 39.0 Å². The minimum atomic E-state index is -0.0699. The Bertz CT molecular complexity index is 742. The number of hydrogen-bond acceptors (Lipinski definition) is 4. The fraction of sp³-hybridized carbons (Fsp3) is 0.444. The van der Waals surface area contributed by atoms with Crippen molar-refractivity contribution in [3.05, 3.63) is 41.4 Å². The number of carbonyl (C=O) groups excluding carboxylic acids is 1. The summed E-state index contributed by atoms with van der Waals surface area (Å²) in [6.45, 7) is 3.71. The van der Waals surface area contributed by atoms with Gasteiger partial charge in [-0.05, 0) is 43.4 Å². The van der Waals surface area contributed by atoms with Crippen LogP contribution in [0.1, 0.15) is 29.8 Å². The van der Waals surface area contributed by atoms with Crippen LogP contribution in [0.4, 0.5) is 0 Å². The van der Waals surface area contributed by atoms with Crippen LogP contribution in [0.25, 0.3) is 11.3 Å². The van der Waals surface area contributed by atoms with Crippen molar-refractivity contribution < 1.29 is 9.21 Å². The number of oxazole rings is 1. The summed E-state index contributed by atoms with van der Waals surface area (Å²) in [5.74, 6) is 0.382. The molecule has 0 unspecified atom stereocenters. The van der Waals surface area contributed by atoms with Crippen LogP contribution in [0.5, 0.6) is 0 Å². The van der Waals surface area contributed by atoms with E-state index >= 15 is 0 Å². The van der Waals surface area contributed by atoms with Crippen molar-refractivity contribution in [3.8, 4) is 11.3 Å². The van der Waals surface area contributed by atoms with Crippen molar-refractivity contribution in [1.29, 1.82) is 0 Å². The molecule has 0 bridgehead atoms. The Labute approximate surface area is 146 Å². The van der Waals surface area contributed by atoms with Crippen LogP contribution in [0.15, 0.2) is 35.1 Å². The number of halogens is 1. The summed E-state index contributed by atoms with van der Waals surface area (Å²) in [5.41, 5.74) is 1.43. The second-order valence-corrected chi connectivity index (χ2v) is 7.14. The zero-order chi connectivity index (χ0) is 16.6. The number of rotatable bonds is 2. The first-order chi connectivity index (χ1) is 11.7. The van der Waals surface area contributed by atoms with Gasteiger partial charge in [-0.3, -0.25) is 4.79 Å². The lowest BCUT2D eigenvalue weighted by molar-refractivity contribution is 0.0603. The number of nitrogens with zero attached hydrogens (tertiary/aromatic N) is 2. The van der Waals surface area contributed by atoms with Crippen molar-refractivity contribution in [2.24, 2.45) is 5.41 Å². The molecule has 0 saturated carbocycles. The lowest BCUT2D eigenvalue weighted by Gasteiger charge is -2.38. The highest BCUT2D eigenvalue weighted by molar-refractivity contribution is 6.33. The third-order valence-electron chi connectivity index (χ3n) is 5.33. The van der Waals surface area contributed by atoms with Crippen LogP contribution in [-0.2, 0) is 0 Å². The van der Waals surface area contributed by atoms with Gasteiger partial charge in [-0.25, -0.2) is 4.98 Å². The van der Waals surface area contributed by atoms with Crippen molar-refractivity contribution in [3.63, 3.8) is 0 Å². The Morgan fingerprint density at radius 2 is 2.04 bits per heavy atom. The molecule has 1 aromatic heterocycles. The van der Waals surface area contributed by atoms with Gasteiger partial charge >= 0.3 is 0 Å². The molecule has 126 valence electrons. The van der Waals surface area contributed by atoms with E-state index in [1.54, 1.807) is 6.07 Å². The van der Waals surface area contributed by atoms with E-state index in [4.69, 9.17) is 16.0 Å². The fourth-order valence-corrected chi connectivity index (χ4v) is 4.01. The molecule has 2 aliphatic heterocycles. The predicted octanol–water partition coefficient (Wildman–Crippen LogP) is 3.21. The van der Waals surface area contributed by atoms with E-state index in [2.05, 4.69) is 10.3 Å². The summed E-state index contributed by atoms with van der Waals surface area (Å²) < 4.78 is 5.48. The minimum Gasteiger partial charge on any atom is -0.443 e. The molecule has 1 aromatic carbocycles. The maximum absolute atomic E-state index is 12.9. The number of likely N-dealkylation sites (tertiary alicyclic amines) is 1. The maximum atomic E-state index is 12.9. The second-order valence-electron chi connectivity index (χ2n) is 6.73. The summed E-state index contributed by atoms with van der Waals surface area (Å²) in [6.07, 6.45) is 4.62. The van der Waals surface area contributed by atoms with Gasteiger partial charge in [0.1, 0.15) is 0 Å². The number of piperidine rings is 1. The fourth-order valence-electron chi connectivity index (χ4n) is 3.79. The van der Waals surface area contributed by atoms with E-state index < -0.39 is 0 Å². The SMILES string of the molecule is O=C(c1ncoc1-c1ccccc1Cl)N1CCC2(CCNC2)CC1. The number of amides is 1. The standard InChI is InChI=1S/C18H20ClN3O2/c19-14-4-2-1-3-13(14)16-15(21-12-24-16)17(23)22-9-6-18(7-10-22)5-8-20-11-18/h1-4,12,20H,5-11H2. The third kappa shape index (κ3) is 2.72. The molecule has 1 amide bonds. The number of hydrogen-bond donors (Lipinski definition) is 1. The van der Waals surface area contributed by atoms with Crippen molar-refractivity contribution in [1.82, 2.24) is 15.2 Å². The Morgan fingerprint density at radius 1 is 1.25 bits per heavy atom.